The van der Waals surface area contributed by atoms with Gasteiger partial charge in [0, 0.05) is 5.71 Å². The maximum atomic E-state index is 6.04. The van der Waals surface area contributed by atoms with Crippen LogP contribution in [0.15, 0.2) is 23.3 Å². The van der Waals surface area contributed by atoms with Gasteiger partial charge in [0.25, 0.3) is 0 Å². The van der Waals surface area contributed by atoms with E-state index < -0.39 is 0 Å². The van der Waals surface area contributed by atoms with Gasteiger partial charge in [0.05, 0.1) is 15.7 Å². The number of hydrogen-bond acceptors (Lipinski definition) is 2. The molecule has 4 aliphatic carbocycles. The standard InChI is InChI=1S/C16H18Cl2N2/c17-14-2-1-13(8-15(14)18)19-20-16-11-4-9-3-10(6-11)7-12(16)5-9/h1-2,8-12,19H,3-7H2. The van der Waals surface area contributed by atoms with Gasteiger partial charge in [-0.1, -0.05) is 23.2 Å². The molecule has 0 spiro atoms. The predicted octanol–water partition coefficient (Wildman–Crippen LogP) is 5.22. The molecular weight excluding hydrogens is 291 g/mol. The van der Waals surface area contributed by atoms with Gasteiger partial charge in [-0.2, -0.15) is 5.10 Å². The minimum Gasteiger partial charge on any atom is -0.278 e. The number of nitrogens with zero attached hydrogens (tertiary/aromatic N) is 1. The van der Waals surface area contributed by atoms with Gasteiger partial charge >= 0.3 is 0 Å². The fourth-order valence-corrected chi connectivity index (χ4v) is 4.84. The van der Waals surface area contributed by atoms with E-state index in [0.717, 1.165) is 29.4 Å². The van der Waals surface area contributed by atoms with Gasteiger partial charge in [-0.05, 0) is 74.0 Å². The number of nitrogens with one attached hydrogen (secondary N) is 1. The van der Waals surface area contributed by atoms with E-state index in [-0.39, 0.29) is 0 Å². The Morgan fingerprint density at radius 3 is 2.15 bits per heavy atom. The molecule has 2 nitrogen and oxygen atoms in total. The number of rotatable bonds is 2. The Labute approximate surface area is 129 Å². The Kier molecular flexibility index (Phi) is 3.19. The van der Waals surface area contributed by atoms with Crippen LogP contribution in [0.5, 0.6) is 0 Å². The minimum absolute atomic E-state index is 0.571. The zero-order valence-electron chi connectivity index (χ0n) is 11.3. The van der Waals surface area contributed by atoms with Crippen molar-refractivity contribution >= 4 is 34.6 Å². The number of halogens is 2. The maximum absolute atomic E-state index is 6.04. The third-order valence-electron chi connectivity index (χ3n) is 5.21. The lowest BCUT2D eigenvalue weighted by molar-refractivity contribution is 0.108. The van der Waals surface area contributed by atoms with E-state index in [2.05, 4.69) is 5.43 Å². The smallest absolute Gasteiger partial charge is 0.0613 e. The fraction of sp³-hybridized carbons (Fsp3) is 0.562. The maximum Gasteiger partial charge on any atom is 0.0613 e. The first-order valence-corrected chi connectivity index (χ1v) is 8.23. The van der Waals surface area contributed by atoms with Crippen LogP contribution in [-0.4, -0.2) is 5.71 Å². The van der Waals surface area contributed by atoms with Crippen LogP contribution < -0.4 is 5.43 Å². The molecule has 4 bridgehead atoms. The average molecular weight is 309 g/mol. The molecule has 0 unspecified atom stereocenters. The highest BCUT2D eigenvalue weighted by Gasteiger charge is 2.46. The van der Waals surface area contributed by atoms with Crippen LogP contribution in [0.3, 0.4) is 0 Å². The van der Waals surface area contributed by atoms with Crippen LogP contribution in [-0.2, 0) is 0 Å². The van der Waals surface area contributed by atoms with Gasteiger partial charge in [0.2, 0.25) is 0 Å². The summed E-state index contributed by atoms with van der Waals surface area (Å²) in [7, 11) is 0. The molecule has 5 rings (SSSR count). The Balaban J connectivity index is 1.54. The molecule has 1 aromatic rings. The van der Waals surface area contributed by atoms with Crippen molar-refractivity contribution in [3.63, 3.8) is 0 Å². The third kappa shape index (κ3) is 2.23. The summed E-state index contributed by atoms with van der Waals surface area (Å²) in [6, 6.07) is 5.57. The highest BCUT2D eigenvalue weighted by atomic mass is 35.5. The second kappa shape index (κ2) is 4.92. The number of hydrogen-bond donors (Lipinski definition) is 1. The molecule has 0 atom stereocenters. The van der Waals surface area contributed by atoms with Crippen LogP contribution in [0.25, 0.3) is 0 Å². The molecular formula is C16H18Cl2N2. The van der Waals surface area contributed by atoms with Crippen molar-refractivity contribution in [2.75, 3.05) is 5.43 Å². The number of hydrazone groups is 1. The summed E-state index contributed by atoms with van der Waals surface area (Å²) < 4.78 is 0. The zero-order valence-corrected chi connectivity index (χ0v) is 12.8. The quantitative estimate of drug-likeness (QED) is 0.744. The Morgan fingerprint density at radius 2 is 1.55 bits per heavy atom. The predicted molar refractivity (Wildman–Crippen MR) is 84.6 cm³/mol. The second-order valence-electron chi connectivity index (χ2n) is 6.58. The highest BCUT2D eigenvalue weighted by Crippen LogP contribution is 2.52. The van der Waals surface area contributed by atoms with E-state index >= 15 is 0 Å². The van der Waals surface area contributed by atoms with Crippen molar-refractivity contribution in [3.8, 4) is 0 Å². The number of benzene rings is 1. The van der Waals surface area contributed by atoms with Gasteiger partial charge in [0.15, 0.2) is 0 Å². The van der Waals surface area contributed by atoms with E-state index in [9.17, 15) is 0 Å². The van der Waals surface area contributed by atoms with Crippen LogP contribution in [0.2, 0.25) is 10.0 Å². The number of anilines is 1. The summed E-state index contributed by atoms with van der Waals surface area (Å²) in [4.78, 5) is 0. The summed E-state index contributed by atoms with van der Waals surface area (Å²) >= 11 is 12.0. The van der Waals surface area contributed by atoms with Crippen LogP contribution in [0.4, 0.5) is 5.69 Å². The van der Waals surface area contributed by atoms with Gasteiger partial charge < -0.3 is 0 Å². The van der Waals surface area contributed by atoms with Crippen LogP contribution >= 0.6 is 23.2 Å². The van der Waals surface area contributed by atoms with E-state index in [1.807, 2.05) is 18.2 Å². The molecule has 0 heterocycles. The second-order valence-corrected chi connectivity index (χ2v) is 7.40. The van der Waals surface area contributed by atoms with Gasteiger partial charge in [0.1, 0.15) is 0 Å². The lowest BCUT2D eigenvalue weighted by Crippen LogP contribution is -2.45. The average Bonchev–Trinajstić information content (AvgIpc) is 2.41. The molecule has 1 N–H and O–H groups in total. The van der Waals surface area contributed by atoms with Crippen LogP contribution in [0, 0.1) is 23.7 Å². The first kappa shape index (κ1) is 13.0. The Morgan fingerprint density at radius 1 is 0.900 bits per heavy atom. The highest BCUT2D eigenvalue weighted by molar-refractivity contribution is 6.42. The van der Waals surface area contributed by atoms with Crippen molar-refractivity contribution in [2.45, 2.75) is 32.1 Å². The molecule has 20 heavy (non-hydrogen) atoms. The minimum atomic E-state index is 0.571. The van der Waals surface area contributed by atoms with Crippen molar-refractivity contribution in [1.29, 1.82) is 0 Å². The largest absolute Gasteiger partial charge is 0.278 e. The molecule has 1 aromatic carbocycles. The summed E-state index contributed by atoms with van der Waals surface area (Å²) in [5.41, 5.74) is 5.51. The molecule has 0 aromatic heterocycles. The molecule has 4 saturated carbocycles. The van der Waals surface area contributed by atoms with Crippen molar-refractivity contribution in [3.05, 3.63) is 28.2 Å². The summed E-state index contributed by atoms with van der Waals surface area (Å²) in [6.07, 6.45) is 6.90. The van der Waals surface area contributed by atoms with Crippen molar-refractivity contribution in [2.24, 2.45) is 28.8 Å². The first-order valence-electron chi connectivity index (χ1n) is 7.47. The molecule has 0 saturated heterocycles. The molecule has 0 aliphatic heterocycles. The normalized spacial score (nSPS) is 34.4. The van der Waals surface area contributed by atoms with E-state index in [1.165, 1.54) is 37.8 Å². The lowest BCUT2D eigenvalue weighted by Gasteiger charge is -2.50. The van der Waals surface area contributed by atoms with Crippen LogP contribution in [0.1, 0.15) is 32.1 Å². The summed E-state index contributed by atoms with van der Waals surface area (Å²) in [5.74, 6) is 3.39. The molecule has 0 radical (unpaired) electrons. The van der Waals surface area contributed by atoms with Gasteiger partial charge in [-0.15, -0.1) is 0 Å². The van der Waals surface area contributed by atoms with Gasteiger partial charge in [-0.3, -0.25) is 5.43 Å². The van der Waals surface area contributed by atoms with Crippen molar-refractivity contribution in [1.82, 2.24) is 0 Å². The van der Waals surface area contributed by atoms with Gasteiger partial charge in [-0.25, -0.2) is 0 Å². The Hall–Kier alpha value is -0.730. The van der Waals surface area contributed by atoms with E-state index in [4.69, 9.17) is 28.3 Å². The Bertz CT molecular complexity index is 538. The SMILES string of the molecule is Clc1ccc(NN=C2C3CC4CC(C3)CC2C4)cc1Cl. The fourth-order valence-electron chi connectivity index (χ4n) is 4.54. The molecule has 4 aliphatic rings. The first-order chi connectivity index (χ1) is 9.69. The topological polar surface area (TPSA) is 24.4 Å². The summed E-state index contributed by atoms with van der Waals surface area (Å²) in [5, 5.41) is 5.88. The molecule has 4 heteroatoms. The van der Waals surface area contributed by atoms with E-state index in [1.54, 1.807) is 0 Å². The monoisotopic (exact) mass is 308 g/mol. The molecule has 106 valence electrons. The third-order valence-corrected chi connectivity index (χ3v) is 5.95. The molecule has 0 amide bonds. The lowest BCUT2D eigenvalue weighted by atomic mass is 9.55. The zero-order chi connectivity index (χ0) is 13.7. The summed E-state index contributed by atoms with van der Waals surface area (Å²) in [6.45, 7) is 0. The molecule has 4 fully saturated rings. The van der Waals surface area contributed by atoms with E-state index in [0.29, 0.717) is 10.0 Å². The van der Waals surface area contributed by atoms with Crippen molar-refractivity contribution < 1.29 is 0 Å².